The topological polar surface area (TPSA) is 60.2 Å². The zero-order valence-corrected chi connectivity index (χ0v) is 8.85. The molecule has 2 rings (SSSR count). The van der Waals surface area contributed by atoms with Gasteiger partial charge in [0.05, 0.1) is 17.7 Å². The summed E-state index contributed by atoms with van der Waals surface area (Å²) in [6.07, 6.45) is 2.83. The molecule has 0 bridgehead atoms. The number of nitrogens with one attached hydrogen (secondary N) is 1. The fourth-order valence-electron chi connectivity index (χ4n) is 1.53. The predicted octanol–water partition coefficient (Wildman–Crippen LogP) is 0.350. The van der Waals surface area contributed by atoms with Gasteiger partial charge in [-0.1, -0.05) is 0 Å². The van der Waals surface area contributed by atoms with Gasteiger partial charge in [0.1, 0.15) is 0 Å². The quantitative estimate of drug-likeness (QED) is 0.757. The average molecular weight is 213 g/mol. The van der Waals surface area contributed by atoms with Gasteiger partial charge < -0.3 is 15.8 Å². The van der Waals surface area contributed by atoms with Gasteiger partial charge in [-0.15, -0.1) is 11.3 Å². The summed E-state index contributed by atoms with van der Waals surface area (Å²) in [4.78, 5) is 5.26. The molecule has 1 saturated heterocycles. The van der Waals surface area contributed by atoms with Gasteiger partial charge >= 0.3 is 0 Å². The van der Waals surface area contributed by atoms with Gasteiger partial charge in [-0.05, 0) is 6.42 Å². The molecule has 14 heavy (non-hydrogen) atoms. The van der Waals surface area contributed by atoms with E-state index in [1.54, 1.807) is 11.3 Å². The lowest BCUT2D eigenvalue weighted by atomic mass is 10.0. The normalized spacial score (nSPS) is 26.9. The van der Waals surface area contributed by atoms with Gasteiger partial charge in [-0.2, -0.15) is 0 Å². The standard InChI is InChI=1S/C9H15N3OS/c10-9(1-2-13-6-9)5-11-3-8-4-12-7-14-8/h4,7,11H,1-3,5-6,10H2. The Morgan fingerprint density at radius 2 is 2.64 bits per heavy atom. The Balaban J connectivity index is 1.72. The molecular weight excluding hydrogens is 198 g/mol. The molecule has 0 saturated carbocycles. The Bertz CT molecular complexity index is 270. The highest BCUT2D eigenvalue weighted by molar-refractivity contribution is 7.09. The number of rotatable bonds is 4. The Morgan fingerprint density at radius 3 is 3.29 bits per heavy atom. The number of thiazole rings is 1. The molecule has 1 fully saturated rings. The van der Waals surface area contributed by atoms with Crippen molar-refractivity contribution in [2.45, 2.75) is 18.5 Å². The number of hydrogen-bond donors (Lipinski definition) is 2. The number of hydrogen-bond acceptors (Lipinski definition) is 5. The van der Waals surface area contributed by atoms with Crippen molar-refractivity contribution in [3.05, 3.63) is 16.6 Å². The number of ether oxygens (including phenoxy) is 1. The van der Waals surface area contributed by atoms with Crippen LogP contribution in [0.1, 0.15) is 11.3 Å². The SMILES string of the molecule is NC1(CNCc2cncs2)CCOC1. The lowest BCUT2D eigenvalue weighted by Crippen LogP contribution is -2.49. The molecule has 2 heterocycles. The van der Waals surface area contributed by atoms with Crippen molar-refractivity contribution in [3.63, 3.8) is 0 Å². The summed E-state index contributed by atoms with van der Waals surface area (Å²) < 4.78 is 5.27. The van der Waals surface area contributed by atoms with Crippen LogP contribution in [0.5, 0.6) is 0 Å². The van der Waals surface area contributed by atoms with Crippen LogP contribution in [0.15, 0.2) is 11.7 Å². The maximum Gasteiger partial charge on any atom is 0.0794 e. The molecule has 0 amide bonds. The van der Waals surface area contributed by atoms with Crippen LogP contribution in [0, 0.1) is 0 Å². The maximum absolute atomic E-state index is 6.10. The van der Waals surface area contributed by atoms with Gasteiger partial charge in [-0.25, -0.2) is 0 Å². The van der Waals surface area contributed by atoms with E-state index >= 15 is 0 Å². The molecule has 3 N–H and O–H groups in total. The summed E-state index contributed by atoms with van der Waals surface area (Å²) in [6.45, 7) is 3.12. The Labute approximate surface area is 87.5 Å². The molecular formula is C9H15N3OS. The predicted molar refractivity (Wildman–Crippen MR) is 56.2 cm³/mol. The van der Waals surface area contributed by atoms with Crippen molar-refractivity contribution in [2.24, 2.45) is 5.73 Å². The first-order valence-electron chi connectivity index (χ1n) is 4.73. The van der Waals surface area contributed by atoms with Gasteiger partial charge in [0.2, 0.25) is 0 Å². The molecule has 1 aliphatic rings. The molecule has 0 spiro atoms. The molecule has 78 valence electrons. The van der Waals surface area contributed by atoms with Crippen LogP contribution in [0.25, 0.3) is 0 Å². The smallest absolute Gasteiger partial charge is 0.0794 e. The van der Waals surface area contributed by atoms with E-state index in [1.165, 1.54) is 4.88 Å². The van der Waals surface area contributed by atoms with E-state index < -0.39 is 0 Å². The fourth-order valence-corrected chi connectivity index (χ4v) is 2.09. The lowest BCUT2D eigenvalue weighted by molar-refractivity contribution is 0.177. The lowest BCUT2D eigenvalue weighted by Gasteiger charge is -2.21. The highest BCUT2D eigenvalue weighted by Crippen LogP contribution is 2.14. The second kappa shape index (κ2) is 4.35. The van der Waals surface area contributed by atoms with Crippen molar-refractivity contribution < 1.29 is 4.74 Å². The van der Waals surface area contributed by atoms with Crippen molar-refractivity contribution in [1.29, 1.82) is 0 Å². The van der Waals surface area contributed by atoms with Crippen molar-refractivity contribution in [3.8, 4) is 0 Å². The molecule has 5 heteroatoms. The van der Waals surface area contributed by atoms with Crippen molar-refractivity contribution in [2.75, 3.05) is 19.8 Å². The first-order chi connectivity index (χ1) is 6.79. The Kier molecular flexibility index (Phi) is 3.12. The molecule has 1 aliphatic heterocycles. The molecule has 1 atom stereocenters. The summed E-state index contributed by atoms with van der Waals surface area (Å²) in [5.41, 5.74) is 7.78. The maximum atomic E-state index is 6.10. The van der Waals surface area contributed by atoms with Crippen LogP contribution in [0.2, 0.25) is 0 Å². The van der Waals surface area contributed by atoms with Gasteiger partial charge in [0.25, 0.3) is 0 Å². The molecule has 1 aromatic heterocycles. The molecule has 1 unspecified atom stereocenters. The van der Waals surface area contributed by atoms with Gasteiger partial charge in [0, 0.05) is 30.8 Å². The Hall–Kier alpha value is -0.490. The van der Waals surface area contributed by atoms with Crippen LogP contribution >= 0.6 is 11.3 Å². The summed E-state index contributed by atoms with van der Waals surface area (Å²) in [7, 11) is 0. The van der Waals surface area contributed by atoms with E-state index in [2.05, 4.69) is 10.3 Å². The highest BCUT2D eigenvalue weighted by atomic mass is 32.1. The average Bonchev–Trinajstić information content (AvgIpc) is 2.77. The largest absolute Gasteiger partial charge is 0.379 e. The number of nitrogens with zero attached hydrogens (tertiary/aromatic N) is 1. The third-order valence-electron chi connectivity index (χ3n) is 2.39. The monoisotopic (exact) mass is 213 g/mol. The summed E-state index contributed by atoms with van der Waals surface area (Å²) >= 11 is 1.66. The van der Waals surface area contributed by atoms with Crippen LogP contribution in [-0.2, 0) is 11.3 Å². The number of aromatic nitrogens is 1. The van der Waals surface area contributed by atoms with E-state index in [1.807, 2.05) is 11.7 Å². The Morgan fingerprint density at radius 1 is 1.71 bits per heavy atom. The van der Waals surface area contributed by atoms with E-state index in [4.69, 9.17) is 10.5 Å². The van der Waals surface area contributed by atoms with E-state index in [9.17, 15) is 0 Å². The summed E-state index contributed by atoms with van der Waals surface area (Å²) in [5.74, 6) is 0. The van der Waals surface area contributed by atoms with Crippen molar-refractivity contribution >= 4 is 11.3 Å². The van der Waals surface area contributed by atoms with Crippen LogP contribution in [0.4, 0.5) is 0 Å². The zero-order chi connectivity index (χ0) is 9.86. The van der Waals surface area contributed by atoms with Crippen molar-refractivity contribution in [1.82, 2.24) is 10.3 Å². The van der Waals surface area contributed by atoms with E-state index in [-0.39, 0.29) is 5.54 Å². The first kappa shape index (κ1) is 10.0. The van der Waals surface area contributed by atoms with Crippen LogP contribution < -0.4 is 11.1 Å². The molecule has 4 nitrogen and oxygen atoms in total. The minimum absolute atomic E-state index is 0.162. The van der Waals surface area contributed by atoms with Gasteiger partial charge in [-0.3, -0.25) is 4.98 Å². The molecule has 0 aliphatic carbocycles. The minimum Gasteiger partial charge on any atom is -0.379 e. The second-order valence-electron chi connectivity index (χ2n) is 3.74. The van der Waals surface area contributed by atoms with Crippen LogP contribution in [-0.4, -0.2) is 30.3 Å². The van der Waals surface area contributed by atoms with E-state index in [0.29, 0.717) is 6.61 Å². The minimum atomic E-state index is -0.162. The van der Waals surface area contributed by atoms with E-state index in [0.717, 1.165) is 26.1 Å². The molecule has 1 aromatic rings. The molecule has 0 radical (unpaired) electrons. The second-order valence-corrected chi connectivity index (χ2v) is 4.71. The third-order valence-corrected chi connectivity index (χ3v) is 3.17. The molecule has 0 aromatic carbocycles. The first-order valence-corrected chi connectivity index (χ1v) is 5.61. The fraction of sp³-hybridized carbons (Fsp3) is 0.667. The highest BCUT2D eigenvalue weighted by Gasteiger charge is 2.29. The summed E-state index contributed by atoms with van der Waals surface area (Å²) in [6, 6.07) is 0. The van der Waals surface area contributed by atoms with Gasteiger partial charge in [0.15, 0.2) is 0 Å². The number of nitrogens with two attached hydrogens (primary N) is 1. The summed E-state index contributed by atoms with van der Waals surface area (Å²) in [5, 5.41) is 3.34. The van der Waals surface area contributed by atoms with Crippen LogP contribution in [0.3, 0.4) is 0 Å². The zero-order valence-electron chi connectivity index (χ0n) is 8.03. The third kappa shape index (κ3) is 2.51.